The fourth-order valence-corrected chi connectivity index (χ4v) is 2.42. The van der Waals surface area contributed by atoms with Gasteiger partial charge in [0, 0.05) is 41.6 Å². The zero-order valence-corrected chi connectivity index (χ0v) is 12.6. The Hall–Kier alpha value is -2.73. The van der Waals surface area contributed by atoms with E-state index in [1.807, 2.05) is 24.4 Å². The van der Waals surface area contributed by atoms with Crippen molar-refractivity contribution < 1.29 is 0 Å². The molecule has 1 aromatic carbocycles. The van der Waals surface area contributed by atoms with Crippen LogP contribution >= 0.6 is 12.2 Å². The number of hydrogen-bond acceptors (Lipinski definition) is 3. The second-order valence-corrected chi connectivity index (χ2v) is 5.26. The number of nitrogens with two attached hydrogens (primary N) is 1. The van der Waals surface area contributed by atoms with Crippen molar-refractivity contribution in [1.82, 2.24) is 15.0 Å². The average molecular weight is 309 g/mol. The third-order valence-electron chi connectivity index (χ3n) is 3.27. The molecule has 0 aliphatic carbocycles. The third kappa shape index (κ3) is 3.12. The molecule has 0 radical (unpaired) electrons. The van der Waals surface area contributed by atoms with Crippen LogP contribution in [0.2, 0.25) is 0 Å². The highest BCUT2D eigenvalue weighted by Gasteiger charge is 2.07. The average Bonchev–Trinajstić information content (AvgIpc) is 2.86. The summed E-state index contributed by atoms with van der Waals surface area (Å²) in [4.78, 5) is 4.16. The highest BCUT2D eigenvalue weighted by atomic mass is 32.1. The lowest BCUT2D eigenvalue weighted by atomic mass is 10.2. The second kappa shape index (κ2) is 6.36. The molecule has 5 nitrogen and oxygen atoms in total. The van der Waals surface area contributed by atoms with E-state index < -0.39 is 0 Å². The SMILES string of the molecule is NC(=S)NN=Cc1cn(Cc2cccnc2)c2ccccc12. The monoisotopic (exact) mass is 309 g/mol. The Morgan fingerprint density at radius 1 is 1.32 bits per heavy atom. The van der Waals surface area contributed by atoms with Crippen LogP contribution in [-0.4, -0.2) is 20.9 Å². The maximum Gasteiger partial charge on any atom is 0.184 e. The van der Waals surface area contributed by atoms with Gasteiger partial charge in [-0.3, -0.25) is 10.4 Å². The molecule has 2 heterocycles. The normalized spacial score (nSPS) is 11.1. The first-order chi connectivity index (χ1) is 10.7. The molecular weight excluding hydrogens is 294 g/mol. The fraction of sp³-hybridized carbons (Fsp3) is 0.0625. The van der Waals surface area contributed by atoms with E-state index in [2.05, 4.69) is 44.5 Å². The van der Waals surface area contributed by atoms with E-state index >= 15 is 0 Å². The summed E-state index contributed by atoms with van der Waals surface area (Å²) in [5.74, 6) is 0. The number of hydrogen-bond donors (Lipinski definition) is 2. The van der Waals surface area contributed by atoms with E-state index in [9.17, 15) is 0 Å². The van der Waals surface area contributed by atoms with Gasteiger partial charge in [-0.05, 0) is 29.9 Å². The van der Waals surface area contributed by atoms with Crippen LogP contribution in [0.1, 0.15) is 11.1 Å². The summed E-state index contributed by atoms with van der Waals surface area (Å²) in [5.41, 5.74) is 11.2. The lowest BCUT2D eigenvalue weighted by molar-refractivity contribution is 0.831. The minimum Gasteiger partial charge on any atom is -0.375 e. The van der Waals surface area contributed by atoms with Crippen LogP contribution in [0.5, 0.6) is 0 Å². The lowest BCUT2D eigenvalue weighted by Gasteiger charge is -2.04. The molecule has 0 atom stereocenters. The summed E-state index contributed by atoms with van der Waals surface area (Å²) in [7, 11) is 0. The predicted octanol–water partition coefficient (Wildman–Crippen LogP) is 2.25. The van der Waals surface area contributed by atoms with Crippen LogP contribution in [0, 0.1) is 0 Å². The molecule has 110 valence electrons. The van der Waals surface area contributed by atoms with Crippen LogP contribution < -0.4 is 11.2 Å². The third-order valence-corrected chi connectivity index (χ3v) is 3.36. The number of benzene rings is 1. The van der Waals surface area contributed by atoms with Gasteiger partial charge in [0.15, 0.2) is 5.11 Å². The van der Waals surface area contributed by atoms with Crippen molar-refractivity contribution in [2.45, 2.75) is 6.54 Å². The van der Waals surface area contributed by atoms with Crippen molar-refractivity contribution in [3.05, 3.63) is 66.1 Å². The summed E-state index contributed by atoms with van der Waals surface area (Å²) in [6, 6.07) is 12.2. The Morgan fingerprint density at radius 3 is 2.95 bits per heavy atom. The van der Waals surface area contributed by atoms with Crippen molar-refractivity contribution in [2.24, 2.45) is 10.8 Å². The van der Waals surface area contributed by atoms with Crippen molar-refractivity contribution in [3.63, 3.8) is 0 Å². The summed E-state index contributed by atoms with van der Waals surface area (Å²) in [6.45, 7) is 0.755. The Balaban J connectivity index is 1.97. The number of thiocarbonyl (C=S) groups is 1. The maximum absolute atomic E-state index is 5.37. The van der Waals surface area contributed by atoms with Gasteiger partial charge in [-0.15, -0.1) is 0 Å². The molecule has 0 saturated carbocycles. The standard InChI is InChI=1S/C16H15N5S/c17-16(22)20-19-9-13-11-21(10-12-4-3-7-18-8-12)15-6-2-1-5-14(13)15/h1-9,11H,10H2,(H3,17,20,22). The first-order valence-electron chi connectivity index (χ1n) is 6.79. The summed E-state index contributed by atoms with van der Waals surface area (Å²) < 4.78 is 2.18. The molecule has 0 amide bonds. The van der Waals surface area contributed by atoms with Crippen LogP contribution in [0.15, 0.2) is 60.1 Å². The van der Waals surface area contributed by atoms with Gasteiger partial charge in [-0.25, -0.2) is 0 Å². The second-order valence-electron chi connectivity index (χ2n) is 4.83. The number of pyridine rings is 1. The first kappa shape index (κ1) is 14.2. The van der Waals surface area contributed by atoms with Crippen molar-refractivity contribution >= 4 is 34.4 Å². The molecule has 3 rings (SSSR count). The lowest BCUT2D eigenvalue weighted by Crippen LogP contribution is -2.23. The smallest absolute Gasteiger partial charge is 0.184 e. The molecule has 0 unspecified atom stereocenters. The number of para-hydroxylation sites is 1. The highest BCUT2D eigenvalue weighted by molar-refractivity contribution is 7.80. The summed E-state index contributed by atoms with van der Waals surface area (Å²) in [6.07, 6.45) is 7.43. The number of nitrogens with zero attached hydrogens (tertiary/aromatic N) is 3. The predicted molar refractivity (Wildman–Crippen MR) is 92.8 cm³/mol. The molecule has 0 spiro atoms. The molecule has 3 N–H and O–H groups in total. The number of aromatic nitrogens is 2. The van der Waals surface area contributed by atoms with E-state index in [1.54, 1.807) is 12.4 Å². The van der Waals surface area contributed by atoms with E-state index in [1.165, 1.54) is 0 Å². The topological polar surface area (TPSA) is 68.2 Å². The van der Waals surface area contributed by atoms with Gasteiger partial charge in [0.1, 0.15) is 0 Å². The van der Waals surface area contributed by atoms with E-state index in [0.717, 1.165) is 28.6 Å². The van der Waals surface area contributed by atoms with Crippen LogP contribution in [0.3, 0.4) is 0 Å². The zero-order chi connectivity index (χ0) is 15.4. The first-order valence-corrected chi connectivity index (χ1v) is 7.20. The minimum atomic E-state index is 0.148. The zero-order valence-electron chi connectivity index (χ0n) is 11.8. The van der Waals surface area contributed by atoms with E-state index in [0.29, 0.717) is 0 Å². The van der Waals surface area contributed by atoms with Gasteiger partial charge in [-0.2, -0.15) is 5.10 Å². The van der Waals surface area contributed by atoms with Crippen LogP contribution in [-0.2, 0) is 6.54 Å². The Labute approximate surface area is 133 Å². The van der Waals surface area contributed by atoms with Gasteiger partial charge in [0.25, 0.3) is 0 Å². The van der Waals surface area contributed by atoms with Crippen molar-refractivity contribution in [3.8, 4) is 0 Å². The number of rotatable bonds is 4. The van der Waals surface area contributed by atoms with Gasteiger partial charge >= 0.3 is 0 Å². The molecule has 0 aliphatic heterocycles. The molecular formula is C16H15N5S. The molecule has 0 aliphatic rings. The van der Waals surface area contributed by atoms with E-state index in [-0.39, 0.29) is 5.11 Å². The van der Waals surface area contributed by atoms with Gasteiger partial charge < -0.3 is 10.3 Å². The van der Waals surface area contributed by atoms with Crippen molar-refractivity contribution in [1.29, 1.82) is 0 Å². The number of fused-ring (bicyclic) bond motifs is 1. The molecule has 6 heteroatoms. The maximum atomic E-state index is 5.37. The molecule has 2 aromatic heterocycles. The summed E-state index contributed by atoms with van der Waals surface area (Å²) in [5, 5.41) is 5.32. The van der Waals surface area contributed by atoms with Gasteiger partial charge in [-0.1, -0.05) is 24.3 Å². The van der Waals surface area contributed by atoms with Crippen LogP contribution in [0.4, 0.5) is 0 Å². The Bertz CT molecular complexity index is 823. The van der Waals surface area contributed by atoms with Gasteiger partial charge in [0.2, 0.25) is 0 Å². The molecule has 0 saturated heterocycles. The highest BCUT2D eigenvalue weighted by Crippen LogP contribution is 2.21. The largest absolute Gasteiger partial charge is 0.375 e. The molecule has 22 heavy (non-hydrogen) atoms. The quantitative estimate of drug-likeness (QED) is 0.441. The Kier molecular flexibility index (Phi) is 4.11. The molecule has 0 fully saturated rings. The minimum absolute atomic E-state index is 0.148. The van der Waals surface area contributed by atoms with Crippen molar-refractivity contribution in [2.75, 3.05) is 0 Å². The Morgan fingerprint density at radius 2 is 2.18 bits per heavy atom. The number of hydrazone groups is 1. The molecule has 0 bridgehead atoms. The van der Waals surface area contributed by atoms with E-state index in [4.69, 9.17) is 18.0 Å². The number of nitrogens with one attached hydrogen (secondary N) is 1. The fourth-order valence-electron chi connectivity index (χ4n) is 2.36. The van der Waals surface area contributed by atoms with Gasteiger partial charge in [0.05, 0.1) is 6.21 Å². The summed E-state index contributed by atoms with van der Waals surface area (Å²) >= 11 is 4.74. The molecule has 3 aromatic rings. The van der Waals surface area contributed by atoms with Crippen LogP contribution in [0.25, 0.3) is 10.9 Å².